The molecule has 0 aliphatic carbocycles. The maximum atomic E-state index is 14.7. The summed E-state index contributed by atoms with van der Waals surface area (Å²) in [6.07, 6.45) is -4.34. The molecule has 3 aromatic carbocycles. The zero-order valence-electron chi connectivity index (χ0n) is 20.1. The summed E-state index contributed by atoms with van der Waals surface area (Å²) in [4.78, 5) is 4.41. The van der Waals surface area contributed by atoms with Crippen LogP contribution in [-0.2, 0) is 18.1 Å². The van der Waals surface area contributed by atoms with Gasteiger partial charge in [-0.15, -0.1) is 0 Å². The number of nitrogens with one attached hydrogen (secondary N) is 1. The number of benzene rings is 3. The number of aromatic nitrogens is 1. The van der Waals surface area contributed by atoms with Gasteiger partial charge in [0.2, 0.25) is 0 Å². The average molecular weight is 545 g/mol. The second kappa shape index (κ2) is 11.9. The molecule has 198 valence electrons. The first-order chi connectivity index (χ1) is 18.2. The van der Waals surface area contributed by atoms with E-state index in [4.69, 9.17) is 16.3 Å². The van der Waals surface area contributed by atoms with Gasteiger partial charge in [-0.2, -0.15) is 13.2 Å². The third kappa shape index (κ3) is 6.89. The van der Waals surface area contributed by atoms with Gasteiger partial charge < -0.3 is 9.84 Å². The van der Waals surface area contributed by atoms with Gasteiger partial charge in [0.05, 0.1) is 21.8 Å². The summed E-state index contributed by atoms with van der Waals surface area (Å²) >= 11 is 6.06. The van der Waals surface area contributed by atoms with Crippen LogP contribution in [0, 0.1) is 5.82 Å². The summed E-state index contributed by atoms with van der Waals surface area (Å²) in [5.74, 6) is -0.489. The molecule has 2 atom stereocenters. The van der Waals surface area contributed by atoms with Crippen LogP contribution in [0.5, 0.6) is 5.75 Å². The summed E-state index contributed by atoms with van der Waals surface area (Å²) in [7, 11) is 0. The van der Waals surface area contributed by atoms with Crippen molar-refractivity contribution in [1.82, 2.24) is 10.3 Å². The predicted octanol–water partition coefficient (Wildman–Crippen LogP) is 6.41. The molecule has 0 saturated carbocycles. The molecule has 38 heavy (non-hydrogen) atoms. The number of hydrogen-bond acceptors (Lipinski definition) is 4. The van der Waals surface area contributed by atoms with Crippen LogP contribution < -0.4 is 10.1 Å². The van der Waals surface area contributed by atoms with Crippen LogP contribution in [-0.4, -0.2) is 29.3 Å². The Morgan fingerprint density at radius 3 is 2.18 bits per heavy atom. The topological polar surface area (TPSA) is 54.4 Å². The first-order valence-corrected chi connectivity index (χ1v) is 12.2. The minimum Gasteiger partial charge on any atom is -0.491 e. The van der Waals surface area contributed by atoms with E-state index in [1.807, 2.05) is 24.3 Å². The third-order valence-electron chi connectivity index (χ3n) is 6.02. The Morgan fingerprint density at radius 2 is 1.55 bits per heavy atom. The summed E-state index contributed by atoms with van der Waals surface area (Å²) in [5, 5.41) is 14.3. The van der Waals surface area contributed by atoms with Crippen LogP contribution in [0.25, 0.3) is 0 Å². The van der Waals surface area contributed by atoms with E-state index < -0.39 is 29.2 Å². The number of halogens is 5. The Kier molecular flexibility index (Phi) is 8.66. The van der Waals surface area contributed by atoms with Gasteiger partial charge in [-0.05, 0) is 53.6 Å². The van der Waals surface area contributed by atoms with Crippen molar-refractivity contribution in [3.05, 3.63) is 130 Å². The van der Waals surface area contributed by atoms with Crippen LogP contribution in [0.15, 0.2) is 97.2 Å². The molecule has 1 unspecified atom stereocenters. The molecule has 0 radical (unpaired) electrons. The zero-order chi connectivity index (χ0) is 27.2. The maximum absolute atomic E-state index is 14.7. The summed E-state index contributed by atoms with van der Waals surface area (Å²) in [6, 6.07) is 23.5. The first kappa shape index (κ1) is 27.6. The van der Waals surface area contributed by atoms with E-state index in [2.05, 4.69) is 10.3 Å². The Labute approximate surface area is 222 Å². The number of alkyl halides is 3. The number of nitrogens with zero attached hydrogens (tertiary/aromatic N) is 1. The van der Waals surface area contributed by atoms with Gasteiger partial charge in [-0.3, -0.25) is 10.3 Å². The van der Waals surface area contributed by atoms with Crippen LogP contribution in [0.2, 0.25) is 5.02 Å². The van der Waals surface area contributed by atoms with E-state index in [0.717, 1.165) is 17.7 Å². The van der Waals surface area contributed by atoms with E-state index in [-0.39, 0.29) is 25.1 Å². The first-order valence-electron chi connectivity index (χ1n) is 11.8. The molecule has 1 aromatic heterocycles. The molecule has 4 nitrogen and oxygen atoms in total. The summed E-state index contributed by atoms with van der Waals surface area (Å²) in [6.45, 7) is -0.175. The molecule has 4 aromatic rings. The molecule has 4 rings (SSSR count). The zero-order valence-corrected chi connectivity index (χ0v) is 20.9. The Bertz CT molecular complexity index is 1320. The summed E-state index contributed by atoms with van der Waals surface area (Å²) < 4.78 is 61.5. The van der Waals surface area contributed by atoms with Crippen molar-refractivity contribution in [2.75, 3.05) is 13.2 Å². The van der Waals surface area contributed by atoms with Crippen molar-refractivity contribution < 1.29 is 27.4 Å². The molecule has 2 N–H and O–H groups in total. The molecular weight excluding hydrogens is 520 g/mol. The standard InChI is InChI=1S/C29H25ClF4N2O2/c30-23-11-12-27(35-17-23)28(16-20-7-3-1-4-8-20,21-13-22(29(32,33)34)15-24(31)14-21)36-18-25(37)19-38-26-9-5-2-6-10-26/h1-15,17,25,36-37H,16,18-19H2/t25?,28-/m0/s1. The molecule has 1 heterocycles. The van der Waals surface area contributed by atoms with Crippen molar-refractivity contribution in [2.45, 2.75) is 24.2 Å². The lowest BCUT2D eigenvalue weighted by Crippen LogP contribution is -2.50. The largest absolute Gasteiger partial charge is 0.491 e. The predicted molar refractivity (Wildman–Crippen MR) is 138 cm³/mol. The third-order valence-corrected chi connectivity index (χ3v) is 6.24. The second-order valence-corrected chi connectivity index (χ2v) is 9.25. The van der Waals surface area contributed by atoms with Crippen molar-refractivity contribution in [3.8, 4) is 5.75 Å². The van der Waals surface area contributed by atoms with Crippen molar-refractivity contribution in [3.63, 3.8) is 0 Å². The van der Waals surface area contributed by atoms with Crippen LogP contribution in [0.1, 0.15) is 22.4 Å². The molecule has 0 bridgehead atoms. The monoisotopic (exact) mass is 544 g/mol. The van der Waals surface area contributed by atoms with Crippen LogP contribution in [0.4, 0.5) is 17.6 Å². The quantitative estimate of drug-likeness (QED) is 0.227. The smallest absolute Gasteiger partial charge is 0.416 e. The van der Waals surface area contributed by atoms with Gasteiger partial charge in [-0.25, -0.2) is 4.39 Å². The lowest BCUT2D eigenvalue weighted by molar-refractivity contribution is -0.137. The number of rotatable bonds is 10. The highest BCUT2D eigenvalue weighted by molar-refractivity contribution is 6.30. The highest BCUT2D eigenvalue weighted by atomic mass is 35.5. The fourth-order valence-electron chi connectivity index (χ4n) is 4.19. The minimum absolute atomic E-state index is 0.000298. The normalized spacial score (nSPS) is 14.1. The fraction of sp³-hybridized carbons (Fsp3) is 0.207. The minimum atomic E-state index is -4.77. The van der Waals surface area contributed by atoms with Gasteiger partial charge >= 0.3 is 6.18 Å². The highest BCUT2D eigenvalue weighted by Crippen LogP contribution is 2.37. The van der Waals surface area contributed by atoms with Crippen molar-refractivity contribution in [2.24, 2.45) is 0 Å². The number of para-hydroxylation sites is 1. The van der Waals surface area contributed by atoms with Gasteiger partial charge in [0.25, 0.3) is 0 Å². The lowest BCUT2D eigenvalue weighted by atomic mass is 9.79. The van der Waals surface area contributed by atoms with Gasteiger partial charge in [-0.1, -0.05) is 60.1 Å². The van der Waals surface area contributed by atoms with Crippen LogP contribution >= 0.6 is 11.6 Å². The van der Waals surface area contributed by atoms with E-state index in [0.29, 0.717) is 22.5 Å². The molecule has 0 aliphatic heterocycles. The fourth-order valence-corrected chi connectivity index (χ4v) is 4.30. The molecule has 9 heteroatoms. The molecule has 0 spiro atoms. The Morgan fingerprint density at radius 1 is 0.895 bits per heavy atom. The average Bonchev–Trinajstić information content (AvgIpc) is 2.90. The van der Waals surface area contributed by atoms with Gasteiger partial charge in [0, 0.05) is 19.2 Å². The Hall–Kier alpha value is -3.46. The SMILES string of the molecule is OC(CN[C@@](Cc1ccccc1)(c1cc(F)cc(C(F)(F)F)c1)c1ccc(Cl)cn1)COc1ccccc1. The number of aliphatic hydroxyl groups is 1. The summed E-state index contributed by atoms with van der Waals surface area (Å²) in [5.41, 5.74) is -1.53. The Balaban J connectivity index is 1.77. The number of ether oxygens (including phenoxy) is 1. The van der Waals surface area contributed by atoms with Crippen LogP contribution in [0.3, 0.4) is 0 Å². The van der Waals surface area contributed by atoms with E-state index >= 15 is 0 Å². The molecule has 0 fully saturated rings. The maximum Gasteiger partial charge on any atom is 0.416 e. The van der Waals surface area contributed by atoms with Crippen molar-refractivity contribution >= 4 is 11.6 Å². The molecule has 0 amide bonds. The van der Waals surface area contributed by atoms with Crippen molar-refractivity contribution in [1.29, 1.82) is 0 Å². The number of aliphatic hydroxyl groups excluding tert-OH is 1. The molecule has 0 saturated heterocycles. The van der Waals surface area contributed by atoms with E-state index in [9.17, 15) is 22.7 Å². The van der Waals surface area contributed by atoms with Gasteiger partial charge in [0.15, 0.2) is 0 Å². The van der Waals surface area contributed by atoms with Gasteiger partial charge in [0.1, 0.15) is 24.3 Å². The molecular formula is C29H25ClF4N2O2. The second-order valence-electron chi connectivity index (χ2n) is 8.81. The van der Waals surface area contributed by atoms with E-state index in [1.54, 1.807) is 48.5 Å². The molecule has 0 aliphatic rings. The van der Waals surface area contributed by atoms with E-state index in [1.165, 1.54) is 6.20 Å². The number of pyridine rings is 1. The number of hydrogen-bond donors (Lipinski definition) is 2. The lowest BCUT2D eigenvalue weighted by Gasteiger charge is -2.37. The highest BCUT2D eigenvalue weighted by Gasteiger charge is 2.39.